The molecule has 2 rings (SSSR count). The molecule has 20 heavy (non-hydrogen) atoms. The number of benzene rings is 1. The molecule has 0 aliphatic heterocycles. The van der Waals surface area contributed by atoms with Gasteiger partial charge in [-0.1, -0.05) is 19.4 Å². The summed E-state index contributed by atoms with van der Waals surface area (Å²) in [7, 11) is 0. The van der Waals surface area contributed by atoms with Gasteiger partial charge in [0.1, 0.15) is 5.82 Å². The van der Waals surface area contributed by atoms with Crippen LogP contribution in [0.2, 0.25) is 0 Å². The molecule has 2 atom stereocenters. The molecule has 1 aliphatic rings. The van der Waals surface area contributed by atoms with Crippen molar-refractivity contribution in [1.82, 2.24) is 4.90 Å². The van der Waals surface area contributed by atoms with E-state index in [9.17, 15) is 4.39 Å². The van der Waals surface area contributed by atoms with Crippen molar-refractivity contribution in [2.24, 2.45) is 11.7 Å². The van der Waals surface area contributed by atoms with Crippen LogP contribution in [0.3, 0.4) is 0 Å². The van der Waals surface area contributed by atoms with Crippen LogP contribution in [0.15, 0.2) is 18.2 Å². The molecule has 0 bridgehead atoms. The van der Waals surface area contributed by atoms with Crippen LogP contribution in [0, 0.1) is 23.1 Å². The predicted octanol–water partition coefficient (Wildman–Crippen LogP) is 2.65. The Morgan fingerprint density at radius 1 is 1.45 bits per heavy atom. The first-order valence-electron chi connectivity index (χ1n) is 7.32. The van der Waals surface area contributed by atoms with Crippen molar-refractivity contribution >= 4 is 0 Å². The fraction of sp³-hybridized carbons (Fsp3) is 0.562. The highest BCUT2D eigenvalue weighted by Gasteiger charge is 2.30. The highest BCUT2D eigenvalue weighted by atomic mass is 19.1. The smallest absolute Gasteiger partial charge is 0.124 e. The third-order valence-corrected chi connectivity index (χ3v) is 4.36. The van der Waals surface area contributed by atoms with Crippen molar-refractivity contribution in [3.8, 4) is 6.07 Å². The van der Waals surface area contributed by atoms with Gasteiger partial charge in [0.15, 0.2) is 0 Å². The largest absolute Gasteiger partial charge is 0.330 e. The number of halogens is 1. The van der Waals surface area contributed by atoms with Gasteiger partial charge >= 0.3 is 0 Å². The summed E-state index contributed by atoms with van der Waals surface area (Å²) in [5.74, 6) is 0.190. The predicted molar refractivity (Wildman–Crippen MR) is 77.4 cm³/mol. The molecular weight excluding hydrogens is 253 g/mol. The topological polar surface area (TPSA) is 53.0 Å². The third-order valence-electron chi connectivity index (χ3n) is 4.36. The van der Waals surface area contributed by atoms with E-state index in [1.54, 1.807) is 6.07 Å². The Kier molecular flexibility index (Phi) is 5.11. The number of nitriles is 1. The van der Waals surface area contributed by atoms with Gasteiger partial charge in [0, 0.05) is 12.6 Å². The summed E-state index contributed by atoms with van der Waals surface area (Å²) in [5.41, 5.74) is 7.19. The normalized spacial score (nSPS) is 22.1. The molecule has 1 saturated carbocycles. The van der Waals surface area contributed by atoms with E-state index in [4.69, 9.17) is 11.0 Å². The number of nitrogens with zero attached hydrogens (tertiary/aromatic N) is 2. The number of nitrogens with two attached hydrogens (primary N) is 1. The van der Waals surface area contributed by atoms with Crippen molar-refractivity contribution < 1.29 is 4.39 Å². The summed E-state index contributed by atoms with van der Waals surface area (Å²) >= 11 is 0. The van der Waals surface area contributed by atoms with E-state index in [1.165, 1.54) is 31.4 Å². The maximum atomic E-state index is 13.2. The number of hydrogen-bond acceptors (Lipinski definition) is 3. The monoisotopic (exact) mass is 275 g/mol. The van der Waals surface area contributed by atoms with Crippen LogP contribution in [-0.4, -0.2) is 24.0 Å². The van der Waals surface area contributed by atoms with Gasteiger partial charge in [-0.15, -0.1) is 0 Å². The second-order valence-electron chi connectivity index (χ2n) is 5.47. The van der Waals surface area contributed by atoms with E-state index in [2.05, 4.69) is 17.9 Å². The Bertz CT molecular complexity index is 495. The zero-order chi connectivity index (χ0) is 14.5. The van der Waals surface area contributed by atoms with Gasteiger partial charge in [-0.25, -0.2) is 4.39 Å². The second-order valence-corrected chi connectivity index (χ2v) is 5.47. The van der Waals surface area contributed by atoms with E-state index in [-0.39, 0.29) is 5.82 Å². The SMILES string of the molecule is CCN(Cc1ccc(F)cc1C#N)C1CCCC1CN. The highest BCUT2D eigenvalue weighted by Crippen LogP contribution is 2.30. The molecule has 0 spiro atoms. The molecule has 0 aromatic heterocycles. The van der Waals surface area contributed by atoms with Gasteiger partial charge in [-0.05, 0) is 49.5 Å². The summed E-state index contributed by atoms with van der Waals surface area (Å²) in [6.07, 6.45) is 3.57. The van der Waals surface area contributed by atoms with E-state index < -0.39 is 0 Å². The fourth-order valence-corrected chi connectivity index (χ4v) is 3.25. The second kappa shape index (κ2) is 6.83. The highest BCUT2D eigenvalue weighted by molar-refractivity contribution is 5.37. The lowest BCUT2D eigenvalue weighted by Crippen LogP contribution is -2.39. The Balaban J connectivity index is 2.16. The van der Waals surface area contributed by atoms with Gasteiger partial charge in [0.2, 0.25) is 0 Å². The maximum Gasteiger partial charge on any atom is 0.124 e. The maximum absolute atomic E-state index is 13.2. The van der Waals surface area contributed by atoms with Gasteiger partial charge in [0.05, 0.1) is 11.6 Å². The van der Waals surface area contributed by atoms with Gasteiger partial charge < -0.3 is 5.73 Å². The zero-order valence-electron chi connectivity index (χ0n) is 12.0. The summed E-state index contributed by atoms with van der Waals surface area (Å²) in [6, 6.07) is 7.05. The molecule has 1 aliphatic carbocycles. The molecule has 3 nitrogen and oxygen atoms in total. The Labute approximate surface area is 120 Å². The standard InChI is InChI=1S/C16H22FN3/c1-2-20(16-5-3-4-12(16)9-18)11-13-6-7-15(17)8-14(13)10-19/h6-8,12,16H,2-5,9,11,18H2,1H3. The van der Waals surface area contributed by atoms with E-state index in [0.29, 0.717) is 24.1 Å². The van der Waals surface area contributed by atoms with Crippen molar-refractivity contribution in [1.29, 1.82) is 5.26 Å². The minimum absolute atomic E-state index is 0.353. The lowest BCUT2D eigenvalue weighted by Gasteiger charge is -2.32. The summed E-state index contributed by atoms with van der Waals surface area (Å²) in [5, 5.41) is 9.14. The van der Waals surface area contributed by atoms with E-state index in [1.807, 2.05) is 0 Å². The first kappa shape index (κ1) is 15.0. The van der Waals surface area contributed by atoms with Crippen LogP contribution in [0.25, 0.3) is 0 Å². The fourth-order valence-electron chi connectivity index (χ4n) is 3.25. The number of rotatable bonds is 5. The summed E-state index contributed by atoms with van der Waals surface area (Å²) in [4.78, 5) is 2.37. The molecule has 1 aromatic rings. The lowest BCUT2D eigenvalue weighted by molar-refractivity contribution is 0.162. The Hall–Kier alpha value is -1.44. The van der Waals surface area contributed by atoms with Crippen molar-refractivity contribution in [2.45, 2.75) is 38.8 Å². The average molecular weight is 275 g/mol. The van der Waals surface area contributed by atoms with Crippen LogP contribution in [0.1, 0.15) is 37.3 Å². The average Bonchev–Trinajstić information content (AvgIpc) is 2.94. The molecule has 0 heterocycles. The van der Waals surface area contributed by atoms with Crippen LogP contribution in [0.5, 0.6) is 0 Å². The molecule has 1 aromatic carbocycles. The van der Waals surface area contributed by atoms with Crippen LogP contribution < -0.4 is 5.73 Å². The van der Waals surface area contributed by atoms with E-state index >= 15 is 0 Å². The van der Waals surface area contributed by atoms with Crippen LogP contribution in [0.4, 0.5) is 4.39 Å². The van der Waals surface area contributed by atoms with Crippen LogP contribution in [-0.2, 0) is 6.54 Å². The van der Waals surface area contributed by atoms with E-state index in [0.717, 1.165) is 18.7 Å². The zero-order valence-corrected chi connectivity index (χ0v) is 12.0. The molecule has 0 amide bonds. The minimum atomic E-state index is -0.353. The first-order chi connectivity index (χ1) is 9.69. The molecule has 4 heteroatoms. The molecule has 2 unspecified atom stereocenters. The van der Waals surface area contributed by atoms with Gasteiger partial charge in [-0.3, -0.25) is 4.90 Å². The van der Waals surface area contributed by atoms with Crippen molar-refractivity contribution in [3.05, 3.63) is 35.1 Å². The van der Waals surface area contributed by atoms with Crippen molar-refractivity contribution in [3.63, 3.8) is 0 Å². The molecule has 2 N–H and O–H groups in total. The Morgan fingerprint density at radius 2 is 2.25 bits per heavy atom. The summed E-state index contributed by atoms with van der Waals surface area (Å²) in [6.45, 7) is 4.46. The van der Waals surface area contributed by atoms with Crippen LogP contribution >= 0.6 is 0 Å². The molecule has 1 fully saturated rings. The molecule has 0 radical (unpaired) electrons. The summed E-state index contributed by atoms with van der Waals surface area (Å²) < 4.78 is 13.2. The molecule has 108 valence electrons. The quantitative estimate of drug-likeness (QED) is 0.898. The third kappa shape index (κ3) is 3.17. The first-order valence-corrected chi connectivity index (χ1v) is 7.32. The van der Waals surface area contributed by atoms with Crippen molar-refractivity contribution in [2.75, 3.05) is 13.1 Å². The molecular formula is C16H22FN3. The van der Waals surface area contributed by atoms with Gasteiger partial charge in [-0.2, -0.15) is 5.26 Å². The molecule has 0 saturated heterocycles. The van der Waals surface area contributed by atoms with Gasteiger partial charge in [0.25, 0.3) is 0 Å². The Morgan fingerprint density at radius 3 is 2.90 bits per heavy atom. The minimum Gasteiger partial charge on any atom is -0.330 e. The number of hydrogen-bond donors (Lipinski definition) is 1. The lowest BCUT2D eigenvalue weighted by atomic mass is 10.0.